The van der Waals surface area contributed by atoms with Crippen LogP contribution in [0.3, 0.4) is 0 Å². The average molecular weight is 602 g/mol. The first-order chi connectivity index (χ1) is 20.6. The van der Waals surface area contributed by atoms with Crippen molar-refractivity contribution in [2.45, 2.75) is 74.3 Å². The number of hydrogen-bond acceptors (Lipinski definition) is 10. The van der Waals surface area contributed by atoms with E-state index < -0.39 is 40.7 Å². The van der Waals surface area contributed by atoms with Gasteiger partial charge < -0.3 is 38.6 Å². The molecule has 1 aromatic rings. The van der Waals surface area contributed by atoms with E-state index in [1.54, 1.807) is 59.8 Å². The highest BCUT2D eigenvalue weighted by Gasteiger charge is 2.88. The number of esters is 1. The third kappa shape index (κ3) is 3.52. The van der Waals surface area contributed by atoms with Gasteiger partial charge in [0.25, 0.3) is 0 Å². The van der Waals surface area contributed by atoms with Crippen molar-refractivity contribution in [1.82, 2.24) is 4.90 Å². The van der Waals surface area contributed by atoms with E-state index in [0.717, 1.165) is 25.9 Å². The maximum absolute atomic E-state index is 13.7. The van der Waals surface area contributed by atoms with Crippen molar-refractivity contribution < 1.29 is 43.4 Å². The van der Waals surface area contributed by atoms with Crippen LogP contribution in [0.2, 0.25) is 0 Å². The molecule has 5 aliphatic carbocycles. The summed E-state index contributed by atoms with van der Waals surface area (Å²) in [7, 11) is 8.46. The number of carbonyl (C=O) groups excluding carboxylic acids is 1. The zero-order chi connectivity index (χ0) is 30.5. The summed E-state index contributed by atoms with van der Waals surface area (Å²) < 4.78 is 36.5. The Kier molecular flexibility index (Phi) is 7.03. The van der Waals surface area contributed by atoms with Gasteiger partial charge in [-0.15, -0.1) is 0 Å². The van der Waals surface area contributed by atoms with Gasteiger partial charge in [0.1, 0.15) is 17.5 Å². The number of rotatable bonds is 9. The van der Waals surface area contributed by atoms with Crippen LogP contribution in [0, 0.1) is 34.5 Å². The van der Waals surface area contributed by atoms with E-state index in [1.165, 1.54) is 0 Å². The molecule has 1 aliphatic heterocycles. The Hall–Kier alpha value is -1.79. The first kappa shape index (κ1) is 29.9. The Labute approximate surface area is 253 Å². The Bertz CT molecular complexity index is 1250. The van der Waals surface area contributed by atoms with E-state index in [1.807, 2.05) is 0 Å². The van der Waals surface area contributed by atoms with Gasteiger partial charge >= 0.3 is 5.97 Å². The van der Waals surface area contributed by atoms with Crippen LogP contribution in [-0.2, 0) is 23.7 Å². The lowest BCUT2D eigenvalue weighted by Gasteiger charge is -2.69. The van der Waals surface area contributed by atoms with Crippen molar-refractivity contribution in [2.24, 2.45) is 34.5 Å². The zero-order valence-corrected chi connectivity index (χ0v) is 26.2. The summed E-state index contributed by atoms with van der Waals surface area (Å²) in [6.45, 7) is 4.45. The number of piperidine rings is 1. The van der Waals surface area contributed by atoms with E-state index in [2.05, 4.69) is 11.8 Å². The van der Waals surface area contributed by atoms with E-state index in [4.69, 9.17) is 28.4 Å². The molecule has 7 bridgehead atoms. The molecular weight excluding hydrogens is 554 g/mol. The number of likely N-dealkylation sites (tertiary alicyclic amines) is 1. The fourth-order valence-corrected chi connectivity index (χ4v) is 12.0. The van der Waals surface area contributed by atoms with Crippen LogP contribution in [0.4, 0.5) is 0 Å². The monoisotopic (exact) mass is 601 g/mol. The number of fused-ring (bicyclic) bond motifs is 2. The fraction of sp³-hybridized carbons (Fsp3) is 0.788. The molecule has 2 N–H and O–H groups in total. The van der Waals surface area contributed by atoms with E-state index in [-0.39, 0.29) is 47.8 Å². The normalized spacial score (nSPS) is 49.2. The second kappa shape index (κ2) is 10.1. The zero-order valence-electron chi connectivity index (χ0n) is 26.2. The summed E-state index contributed by atoms with van der Waals surface area (Å²) in [5, 5.41) is 25.8. The molecule has 6 fully saturated rings. The number of benzene rings is 1. The second-order valence-electron chi connectivity index (χ2n) is 14.1. The average Bonchev–Trinajstić information content (AvgIpc) is 3.40. The maximum atomic E-state index is 13.7. The van der Waals surface area contributed by atoms with Crippen LogP contribution in [-0.4, -0.2) is 118 Å². The van der Waals surface area contributed by atoms with Gasteiger partial charge in [-0.3, -0.25) is 4.90 Å². The lowest BCUT2D eigenvalue weighted by atomic mass is 9.43. The van der Waals surface area contributed by atoms with Crippen molar-refractivity contribution in [3.8, 4) is 5.75 Å². The summed E-state index contributed by atoms with van der Waals surface area (Å²) in [5.74, 6) is -0.864. The molecular formula is C33H47NO9. The standard InChI is InChI=1S/C33H47NO9/c1-7-34-16-30(17-38-2)13-12-21(40-4)33-20-14-31(36)22(41-5)15-32(37,24(27(33)34)25(42-6)26(30)33)23(20)28(31)43-29(35)18-8-10-19(39-3)11-9-18/h8-11,20-28,36-37H,7,12-17H2,1-6H3/t20-,21+,22+,23-,24+,25+,26-,27-,28-,30+,31+,32-,33?/m1/s1. The van der Waals surface area contributed by atoms with Crippen molar-refractivity contribution in [1.29, 1.82) is 0 Å². The van der Waals surface area contributed by atoms with Crippen LogP contribution in [0.1, 0.15) is 43.0 Å². The Balaban J connectivity index is 1.41. The van der Waals surface area contributed by atoms with Crippen molar-refractivity contribution >= 4 is 5.97 Å². The summed E-state index contributed by atoms with van der Waals surface area (Å²) in [5.41, 5.74) is -3.05. The minimum absolute atomic E-state index is 0.0233. The molecule has 1 spiro atoms. The fourth-order valence-electron chi connectivity index (χ4n) is 12.0. The highest BCUT2D eigenvalue weighted by atomic mass is 16.6. The molecule has 1 heterocycles. The van der Waals surface area contributed by atoms with Gasteiger partial charge in [0, 0.05) is 76.0 Å². The topological polar surface area (TPSA) is 116 Å². The van der Waals surface area contributed by atoms with Gasteiger partial charge in [0.15, 0.2) is 0 Å². The Morgan fingerprint density at radius 1 is 0.953 bits per heavy atom. The van der Waals surface area contributed by atoms with Crippen LogP contribution >= 0.6 is 0 Å². The summed E-state index contributed by atoms with van der Waals surface area (Å²) in [6.07, 6.45) is 0.328. The first-order valence-electron chi connectivity index (χ1n) is 15.8. The smallest absolute Gasteiger partial charge is 0.338 e. The van der Waals surface area contributed by atoms with Crippen molar-refractivity contribution in [2.75, 3.05) is 55.2 Å². The predicted octanol–water partition coefficient (Wildman–Crippen LogP) is 2.14. The number of hydrogen-bond donors (Lipinski definition) is 2. The quantitative estimate of drug-likeness (QED) is 0.408. The van der Waals surface area contributed by atoms with Gasteiger partial charge in [-0.05, 0) is 56.0 Å². The molecule has 10 heteroatoms. The molecule has 13 atom stereocenters. The molecule has 238 valence electrons. The number of aliphatic hydroxyl groups is 2. The molecule has 10 nitrogen and oxygen atoms in total. The number of ether oxygens (including phenoxy) is 6. The summed E-state index contributed by atoms with van der Waals surface area (Å²) in [4.78, 5) is 16.2. The van der Waals surface area contributed by atoms with E-state index >= 15 is 0 Å². The number of carbonyl (C=O) groups is 1. The predicted molar refractivity (Wildman–Crippen MR) is 155 cm³/mol. The van der Waals surface area contributed by atoms with Crippen LogP contribution in [0.25, 0.3) is 0 Å². The maximum Gasteiger partial charge on any atom is 0.338 e. The Morgan fingerprint density at radius 3 is 2.28 bits per heavy atom. The van der Waals surface area contributed by atoms with Gasteiger partial charge in [-0.25, -0.2) is 4.79 Å². The highest BCUT2D eigenvalue weighted by molar-refractivity contribution is 5.89. The third-order valence-electron chi connectivity index (χ3n) is 13.0. The van der Waals surface area contributed by atoms with E-state index in [0.29, 0.717) is 24.3 Å². The van der Waals surface area contributed by atoms with E-state index in [9.17, 15) is 15.0 Å². The van der Waals surface area contributed by atoms with Crippen LogP contribution in [0.15, 0.2) is 24.3 Å². The SMILES string of the molecule is CCN1C[C@]2(COC)CC[C@H](OC)C34[C@@H]5C[C@]6(O)[C@@H](OC)C[C@@](O)([C@H]5[C@H]6OC(=O)c5ccc(OC)cc5)[C@@H]([C@H](OC)[C@@H]32)[C@@H]14. The minimum Gasteiger partial charge on any atom is -0.497 e. The van der Waals surface area contributed by atoms with Gasteiger partial charge in [-0.1, -0.05) is 6.92 Å². The summed E-state index contributed by atoms with van der Waals surface area (Å²) in [6, 6.07) is 6.72. The molecule has 0 radical (unpaired) electrons. The second-order valence-corrected chi connectivity index (χ2v) is 14.1. The molecule has 1 aromatic carbocycles. The van der Waals surface area contributed by atoms with Gasteiger partial charge in [-0.2, -0.15) is 0 Å². The largest absolute Gasteiger partial charge is 0.497 e. The third-order valence-corrected chi connectivity index (χ3v) is 13.0. The molecule has 1 unspecified atom stereocenters. The minimum atomic E-state index is -1.47. The lowest BCUT2D eigenvalue weighted by molar-refractivity contribution is -0.283. The highest BCUT2D eigenvalue weighted by Crippen LogP contribution is 2.80. The molecule has 7 rings (SSSR count). The number of methoxy groups -OCH3 is 5. The number of nitrogens with zero attached hydrogens (tertiary/aromatic N) is 1. The molecule has 43 heavy (non-hydrogen) atoms. The summed E-state index contributed by atoms with van der Waals surface area (Å²) >= 11 is 0. The van der Waals surface area contributed by atoms with Crippen LogP contribution < -0.4 is 4.74 Å². The Morgan fingerprint density at radius 2 is 1.67 bits per heavy atom. The van der Waals surface area contributed by atoms with Gasteiger partial charge in [0.2, 0.25) is 0 Å². The molecule has 5 saturated carbocycles. The molecule has 1 saturated heterocycles. The lowest BCUT2D eigenvalue weighted by Crippen LogP contribution is -2.77. The van der Waals surface area contributed by atoms with Crippen molar-refractivity contribution in [3.63, 3.8) is 0 Å². The van der Waals surface area contributed by atoms with Crippen LogP contribution in [0.5, 0.6) is 5.75 Å². The molecule has 6 aliphatic rings. The van der Waals surface area contributed by atoms with Gasteiger partial charge in [0.05, 0.1) is 43.2 Å². The molecule has 0 aromatic heterocycles. The van der Waals surface area contributed by atoms with Crippen molar-refractivity contribution in [3.05, 3.63) is 29.8 Å². The first-order valence-corrected chi connectivity index (χ1v) is 15.8. The molecule has 0 amide bonds.